The summed E-state index contributed by atoms with van der Waals surface area (Å²) in [6, 6.07) is 56.6. The van der Waals surface area contributed by atoms with Gasteiger partial charge in [-0.05, 0) is 63.2 Å². The van der Waals surface area contributed by atoms with E-state index in [0.717, 1.165) is 49.5 Å². The quantitative estimate of drug-likeness (QED) is 0.181. The fourth-order valence-corrected chi connectivity index (χ4v) is 9.68. The summed E-state index contributed by atoms with van der Waals surface area (Å²) in [6.07, 6.45) is 0. The molecule has 0 radical (unpaired) electrons. The van der Waals surface area contributed by atoms with E-state index in [1.54, 1.807) is 0 Å². The van der Waals surface area contributed by atoms with Crippen LogP contribution in [0.3, 0.4) is 0 Å². The Labute approximate surface area is 316 Å². The maximum absolute atomic E-state index is 7.02. The Hall–Kier alpha value is -5.52. The highest BCUT2D eigenvalue weighted by Crippen LogP contribution is 2.64. The van der Waals surface area contributed by atoms with Gasteiger partial charge in [-0.3, -0.25) is 0 Å². The lowest BCUT2D eigenvalue weighted by molar-refractivity contribution is 0.723. The zero-order chi connectivity index (χ0) is 34.8. The van der Waals surface area contributed by atoms with Crippen molar-refractivity contribution in [2.24, 2.45) is 0 Å². The Morgan fingerprint density at radius 2 is 0.981 bits per heavy atom. The van der Waals surface area contributed by atoms with Crippen molar-refractivity contribution >= 4 is 35.0 Å². The first-order valence-corrected chi connectivity index (χ1v) is 18.6. The van der Waals surface area contributed by atoms with Crippen LogP contribution in [0.4, 0.5) is 0 Å². The molecule has 2 aliphatic rings. The minimum atomic E-state index is -0.583. The molecule has 3 nitrogen and oxygen atoms in total. The fraction of sp³-hybridized carbons (Fsp3) is 0.0217. The van der Waals surface area contributed by atoms with Crippen LogP contribution in [0.2, 0.25) is 10.0 Å². The number of rotatable bonds is 4. The van der Waals surface area contributed by atoms with Gasteiger partial charge in [-0.15, -0.1) is 0 Å². The van der Waals surface area contributed by atoms with Gasteiger partial charge in [0.2, 0.25) is 0 Å². The van der Waals surface area contributed by atoms with Crippen LogP contribution >= 0.6 is 35.0 Å². The number of fused-ring (bicyclic) bond motifs is 9. The zero-order valence-electron chi connectivity index (χ0n) is 27.6. The molecule has 52 heavy (non-hydrogen) atoms. The summed E-state index contributed by atoms with van der Waals surface area (Å²) < 4.78 is 0. The van der Waals surface area contributed by atoms with E-state index >= 15 is 0 Å². The first-order chi connectivity index (χ1) is 25.6. The molecule has 1 atom stereocenters. The summed E-state index contributed by atoms with van der Waals surface area (Å²) in [5.74, 6) is 1.91. The number of halogens is 2. The predicted molar refractivity (Wildman–Crippen MR) is 213 cm³/mol. The van der Waals surface area contributed by atoms with Gasteiger partial charge in [0, 0.05) is 42.1 Å². The van der Waals surface area contributed by atoms with Crippen LogP contribution in [0.1, 0.15) is 22.3 Å². The molecule has 0 saturated heterocycles. The van der Waals surface area contributed by atoms with Crippen LogP contribution in [0, 0.1) is 0 Å². The molecule has 1 spiro atoms. The van der Waals surface area contributed by atoms with E-state index in [2.05, 4.69) is 91.0 Å². The lowest BCUT2D eigenvalue weighted by atomic mass is 9.67. The van der Waals surface area contributed by atoms with Crippen molar-refractivity contribution in [3.05, 3.63) is 196 Å². The first kappa shape index (κ1) is 31.2. The topological polar surface area (TPSA) is 38.7 Å². The first-order valence-electron chi connectivity index (χ1n) is 17.1. The average molecular weight is 725 g/mol. The molecule has 1 unspecified atom stereocenters. The molecule has 0 fully saturated rings. The summed E-state index contributed by atoms with van der Waals surface area (Å²) in [5, 5.41) is 1.45. The lowest BCUT2D eigenvalue weighted by Gasteiger charge is -2.40. The number of hydrogen-bond donors (Lipinski definition) is 0. The van der Waals surface area contributed by atoms with E-state index in [0.29, 0.717) is 22.5 Å². The van der Waals surface area contributed by atoms with Crippen molar-refractivity contribution in [3.63, 3.8) is 0 Å². The molecule has 246 valence electrons. The highest BCUT2D eigenvalue weighted by atomic mass is 35.5. The van der Waals surface area contributed by atoms with Gasteiger partial charge in [-0.1, -0.05) is 174 Å². The van der Waals surface area contributed by atoms with Gasteiger partial charge in [-0.2, -0.15) is 0 Å². The minimum absolute atomic E-state index is 0.583. The highest BCUT2D eigenvalue weighted by Gasteiger charge is 2.51. The second-order valence-electron chi connectivity index (χ2n) is 13.0. The molecule has 10 rings (SSSR count). The number of aromatic nitrogens is 3. The Bertz CT molecular complexity index is 2620. The van der Waals surface area contributed by atoms with Gasteiger partial charge in [0.15, 0.2) is 17.5 Å². The minimum Gasteiger partial charge on any atom is -0.208 e. The van der Waals surface area contributed by atoms with Crippen LogP contribution in [0.25, 0.3) is 56.4 Å². The van der Waals surface area contributed by atoms with Crippen molar-refractivity contribution in [3.8, 4) is 56.4 Å². The van der Waals surface area contributed by atoms with E-state index in [1.165, 1.54) is 26.5 Å². The standard InChI is InChI=1S/C46H27Cl2N3S/c47-32-25-26-34-38(27-32)46(36-17-10-19-39(48)41(34)36)35-16-7-8-20-40(35)52-42-33(15-9-18-37(42)46)28-21-23-31(24-22-28)45-50-43(29-11-3-1-4-12-29)49-44(51-45)30-13-5-2-6-14-30/h1-27H. The van der Waals surface area contributed by atoms with Crippen molar-refractivity contribution in [1.82, 2.24) is 15.0 Å². The van der Waals surface area contributed by atoms with Gasteiger partial charge in [0.1, 0.15) is 0 Å². The third kappa shape index (κ3) is 4.79. The summed E-state index contributed by atoms with van der Waals surface area (Å²) in [7, 11) is 0. The molecule has 1 aromatic heterocycles. The Balaban J connectivity index is 1.14. The normalized spacial score (nSPS) is 15.1. The molecule has 0 N–H and O–H groups in total. The number of benzene rings is 7. The maximum atomic E-state index is 7.02. The Kier molecular flexibility index (Phi) is 7.40. The monoisotopic (exact) mass is 723 g/mol. The van der Waals surface area contributed by atoms with Crippen molar-refractivity contribution in [2.75, 3.05) is 0 Å². The number of hydrogen-bond acceptors (Lipinski definition) is 4. The molecule has 8 aromatic rings. The molecule has 0 bridgehead atoms. The van der Waals surface area contributed by atoms with Gasteiger partial charge < -0.3 is 0 Å². The summed E-state index contributed by atoms with van der Waals surface area (Å²) >= 11 is 15.6. The molecular formula is C46H27Cl2N3S. The van der Waals surface area contributed by atoms with E-state index in [1.807, 2.05) is 84.6 Å². The van der Waals surface area contributed by atoms with Crippen LogP contribution in [-0.2, 0) is 5.41 Å². The molecule has 1 aliphatic heterocycles. The molecule has 1 aliphatic carbocycles. The summed E-state index contributed by atoms with van der Waals surface area (Å²) in [5.41, 5.74) is 11.5. The Morgan fingerprint density at radius 3 is 1.67 bits per heavy atom. The van der Waals surface area contributed by atoms with E-state index in [9.17, 15) is 0 Å². The molecule has 7 aromatic carbocycles. The fourth-order valence-electron chi connectivity index (χ4n) is 7.91. The molecule has 6 heteroatoms. The average Bonchev–Trinajstić information content (AvgIpc) is 3.49. The van der Waals surface area contributed by atoms with Gasteiger partial charge in [-0.25, -0.2) is 15.0 Å². The zero-order valence-corrected chi connectivity index (χ0v) is 29.9. The Morgan fingerprint density at radius 1 is 0.423 bits per heavy atom. The predicted octanol–water partition coefficient (Wildman–Crippen LogP) is 12.7. The van der Waals surface area contributed by atoms with Crippen molar-refractivity contribution in [2.45, 2.75) is 15.2 Å². The molecule has 0 amide bonds. The van der Waals surface area contributed by atoms with Crippen LogP contribution in [-0.4, -0.2) is 15.0 Å². The highest BCUT2D eigenvalue weighted by molar-refractivity contribution is 7.99. The van der Waals surface area contributed by atoms with Gasteiger partial charge in [0.05, 0.1) is 5.41 Å². The van der Waals surface area contributed by atoms with Crippen LogP contribution in [0.15, 0.2) is 174 Å². The van der Waals surface area contributed by atoms with Crippen LogP contribution in [0.5, 0.6) is 0 Å². The third-order valence-electron chi connectivity index (χ3n) is 10.1. The summed E-state index contributed by atoms with van der Waals surface area (Å²) in [4.78, 5) is 17.2. The second-order valence-corrected chi connectivity index (χ2v) is 14.9. The third-order valence-corrected chi connectivity index (χ3v) is 11.9. The van der Waals surface area contributed by atoms with E-state index < -0.39 is 5.41 Å². The molecule has 0 saturated carbocycles. The van der Waals surface area contributed by atoms with Crippen molar-refractivity contribution < 1.29 is 0 Å². The number of nitrogens with zero attached hydrogens (tertiary/aromatic N) is 3. The smallest absolute Gasteiger partial charge is 0.164 e. The maximum Gasteiger partial charge on any atom is 0.164 e. The second kappa shape index (κ2) is 12.3. The lowest BCUT2D eigenvalue weighted by Crippen LogP contribution is -2.32. The molecular weight excluding hydrogens is 698 g/mol. The molecule has 2 heterocycles. The summed E-state index contributed by atoms with van der Waals surface area (Å²) in [6.45, 7) is 0. The van der Waals surface area contributed by atoms with Crippen molar-refractivity contribution in [1.29, 1.82) is 0 Å². The van der Waals surface area contributed by atoms with Gasteiger partial charge in [0.25, 0.3) is 0 Å². The van der Waals surface area contributed by atoms with E-state index in [-0.39, 0.29) is 0 Å². The van der Waals surface area contributed by atoms with E-state index in [4.69, 9.17) is 38.2 Å². The van der Waals surface area contributed by atoms with Crippen LogP contribution < -0.4 is 0 Å². The van der Waals surface area contributed by atoms with Gasteiger partial charge >= 0.3 is 0 Å². The largest absolute Gasteiger partial charge is 0.208 e. The SMILES string of the molecule is Clc1ccc2c(c1)C1(c3ccccc3Sc3c(-c4ccc(-c5nc(-c6ccccc6)nc(-c6ccccc6)n5)cc4)cccc31)c1cccc(Cl)c1-2.